The largest absolute Gasteiger partial charge is 0.478 e. The van der Waals surface area contributed by atoms with Crippen LogP contribution >= 0.6 is 0 Å². The molecule has 10 nitrogen and oxygen atoms in total. The molecule has 2 aromatic rings. The number of nitrogens with two attached hydrogens (primary N) is 2. The number of anilines is 2. The lowest BCUT2D eigenvalue weighted by molar-refractivity contribution is -0.385. The first-order valence-electron chi connectivity index (χ1n) is 9.84. The quantitative estimate of drug-likeness (QED) is 0.446. The van der Waals surface area contributed by atoms with E-state index in [9.17, 15) is 10.1 Å². The van der Waals surface area contributed by atoms with Crippen LogP contribution in [0.1, 0.15) is 43.9 Å². The van der Waals surface area contributed by atoms with Gasteiger partial charge in [0.2, 0.25) is 17.6 Å². The average Bonchev–Trinajstić information content (AvgIpc) is 2.69. The fraction of sp³-hybridized carbons (Fsp3) is 0.526. The number of nitrogens with one attached hydrogen (secondary N) is 1. The van der Waals surface area contributed by atoms with Crippen LogP contribution in [0.15, 0.2) is 18.3 Å². The number of nitrogens with zero attached hydrogens (tertiary/aromatic N) is 4. The number of pyridine rings is 1. The summed E-state index contributed by atoms with van der Waals surface area (Å²) in [6.07, 6.45) is 5.85. The lowest BCUT2D eigenvalue weighted by Gasteiger charge is -2.25. The predicted octanol–water partition coefficient (Wildman–Crippen LogP) is 2.43. The van der Waals surface area contributed by atoms with Crippen molar-refractivity contribution in [2.45, 2.75) is 51.6 Å². The zero-order valence-corrected chi connectivity index (χ0v) is 16.5. The Morgan fingerprint density at radius 1 is 1.31 bits per heavy atom. The third-order valence-corrected chi connectivity index (χ3v) is 5.11. The van der Waals surface area contributed by atoms with Crippen molar-refractivity contribution in [3.05, 3.63) is 39.7 Å². The molecular formula is C19H27N7O3. The van der Waals surface area contributed by atoms with Crippen molar-refractivity contribution in [2.75, 3.05) is 17.7 Å². The van der Waals surface area contributed by atoms with Gasteiger partial charge in [-0.3, -0.25) is 10.1 Å². The molecule has 0 unspecified atom stereocenters. The number of nitro groups is 1. The summed E-state index contributed by atoms with van der Waals surface area (Å²) < 4.78 is 5.52. The van der Waals surface area contributed by atoms with Gasteiger partial charge in [-0.05, 0) is 51.0 Å². The number of hydrogen-bond donors (Lipinski definition) is 3. The number of ether oxygens (including phenoxy) is 1. The summed E-state index contributed by atoms with van der Waals surface area (Å²) in [4.78, 5) is 23.7. The molecule has 2 heterocycles. The van der Waals surface area contributed by atoms with Crippen LogP contribution in [0.2, 0.25) is 0 Å². The van der Waals surface area contributed by atoms with Gasteiger partial charge in [0.25, 0.3) is 0 Å². The minimum Gasteiger partial charge on any atom is -0.478 e. The Labute approximate surface area is 169 Å². The Morgan fingerprint density at radius 3 is 2.76 bits per heavy atom. The Hall–Kier alpha value is -3.01. The molecule has 2 aromatic heterocycles. The number of hydrogen-bond acceptors (Lipinski definition) is 9. The standard InChI is InChI=1S/C19H27N7O3/c1-2-29-18-13(4-3-9-22-18)11-23-19-24-15(16(26(27)28)17(21)25-19)10-12-5-7-14(20)8-6-12/h3-4,9,12,14H,2,5-8,10-11,20H2,1H3,(H3,21,23,24,25)/t12-,14-. The SMILES string of the molecule is CCOc1ncccc1CNc1nc(N)c([N+](=O)[O-])c(C[C@H]2CC[C@H](N)CC2)n1. The van der Waals surface area contributed by atoms with Gasteiger partial charge in [-0.2, -0.15) is 4.98 Å². The fourth-order valence-electron chi connectivity index (χ4n) is 3.61. The Kier molecular flexibility index (Phi) is 6.76. The topological polar surface area (TPSA) is 155 Å². The van der Waals surface area contributed by atoms with Crippen LogP contribution in [0.4, 0.5) is 17.5 Å². The molecule has 3 rings (SSSR count). The molecule has 1 saturated carbocycles. The van der Waals surface area contributed by atoms with Crippen molar-refractivity contribution in [3.8, 4) is 5.88 Å². The van der Waals surface area contributed by atoms with Crippen molar-refractivity contribution >= 4 is 17.5 Å². The molecule has 1 aliphatic carbocycles. The monoisotopic (exact) mass is 401 g/mol. The second-order valence-electron chi connectivity index (χ2n) is 7.22. The summed E-state index contributed by atoms with van der Waals surface area (Å²) in [5.74, 6) is 0.947. The maximum absolute atomic E-state index is 11.5. The van der Waals surface area contributed by atoms with Gasteiger partial charge in [0.05, 0.1) is 11.5 Å². The molecule has 0 aliphatic heterocycles. The van der Waals surface area contributed by atoms with E-state index >= 15 is 0 Å². The van der Waals surface area contributed by atoms with Gasteiger partial charge < -0.3 is 21.5 Å². The Balaban J connectivity index is 1.79. The van der Waals surface area contributed by atoms with Gasteiger partial charge in [-0.15, -0.1) is 0 Å². The maximum atomic E-state index is 11.5. The van der Waals surface area contributed by atoms with Gasteiger partial charge in [0.1, 0.15) is 5.69 Å². The fourth-order valence-corrected chi connectivity index (χ4v) is 3.61. The summed E-state index contributed by atoms with van der Waals surface area (Å²) in [6, 6.07) is 3.91. The van der Waals surface area contributed by atoms with Crippen LogP contribution in [0, 0.1) is 16.0 Å². The van der Waals surface area contributed by atoms with E-state index in [1.54, 1.807) is 6.20 Å². The summed E-state index contributed by atoms with van der Waals surface area (Å²) in [6.45, 7) is 2.74. The predicted molar refractivity (Wildman–Crippen MR) is 109 cm³/mol. The first kappa shape index (κ1) is 20.7. The molecule has 0 radical (unpaired) electrons. The Morgan fingerprint density at radius 2 is 2.07 bits per heavy atom. The molecule has 5 N–H and O–H groups in total. The van der Waals surface area contributed by atoms with Gasteiger partial charge >= 0.3 is 5.69 Å². The van der Waals surface area contributed by atoms with Crippen LogP contribution in [0.3, 0.4) is 0 Å². The van der Waals surface area contributed by atoms with Crippen LogP contribution in [-0.2, 0) is 13.0 Å². The van der Waals surface area contributed by atoms with Crippen LogP contribution in [0.25, 0.3) is 0 Å². The summed E-state index contributed by atoms with van der Waals surface area (Å²) in [5.41, 5.74) is 12.9. The van der Waals surface area contributed by atoms with Crippen LogP contribution in [0.5, 0.6) is 5.88 Å². The van der Waals surface area contributed by atoms with Crippen LogP contribution in [-0.4, -0.2) is 32.5 Å². The van der Waals surface area contributed by atoms with E-state index in [2.05, 4.69) is 20.3 Å². The first-order valence-corrected chi connectivity index (χ1v) is 9.84. The number of nitrogen functional groups attached to an aromatic ring is 1. The van der Waals surface area contributed by atoms with Crippen molar-refractivity contribution in [3.63, 3.8) is 0 Å². The highest BCUT2D eigenvalue weighted by molar-refractivity contribution is 5.58. The second kappa shape index (κ2) is 9.46. The molecule has 29 heavy (non-hydrogen) atoms. The van der Waals surface area contributed by atoms with E-state index in [0.717, 1.165) is 31.2 Å². The minimum atomic E-state index is -0.503. The second-order valence-corrected chi connectivity index (χ2v) is 7.22. The van der Waals surface area contributed by atoms with Crippen molar-refractivity contribution in [1.82, 2.24) is 15.0 Å². The highest BCUT2D eigenvalue weighted by Gasteiger charge is 2.27. The molecule has 0 amide bonds. The zero-order valence-electron chi connectivity index (χ0n) is 16.5. The average molecular weight is 401 g/mol. The van der Waals surface area contributed by atoms with E-state index in [0.29, 0.717) is 37.1 Å². The minimum absolute atomic E-state index is 0.133. The smallest absolute Gasteiger partial charge is 0.332 e. The lowest BCUT2D eigenvalue weighted by Crippen LogP contribution is -2.27. The van der Waals surface area contributed by atoms with E-state index in [1.807, 2.05) is 19.1 Å². The van der Waals surface area contributed by atoms with Gasteiger partial charge in [-0.25, -0.2) is 9.97 Å². The van der Waals surface area contributed by atoms with Gasteiger partial charge in [-0.1, -0.05) is 6.07 Å². The normalized spacial score (nSPS) is 19.0. The molecule has 0 aromatic carbocycles. The summed E-state index contributed by atoms with van der Waals surface area (Å²) in [5, 5.41) is 14.6. The lowest BCUT2D eigenvalue weighted by atomic mass is 9.83. The molecule has 0 atom stereocenters. The Bertz CT molecular complexity index is 854. The van der Waals surface area contributed by atoms with E-state index < -0.39 is 4.92 Å². The van der Waals surface area contributed by atoms with E-state index in [-0.39, 0.29) is 23.5 Å². The molecule has 156 valence electrons. The highest BCUT2D eigenvalue weighted by Crippen LogP contribution is 2.32. The maximum Gasteiger partial charge on any atom is 0.332 e. The molecule has 0 bridgehead atoms. The molecule has 10 heteroatoms. The van der Waals surface area contributed by atoms with Crippen LogP contribution < -0.4 is 21.5 Å². The summed E-state index contributed by atoms with van der Waals surface area (Å²) in [7, 11) is 0. The zero-order chi connectivity index (χ0) is 20.8. The molecule has 1 fully saturated rings. The van der Waals surface area contributed by atoms with Gasteiger partial charge in [0, 0.05) is 24.3 Å². The van der Waals surface area contributed by atoms with Crippen molar-refractivity contribution in [2.24, 2.45) is 11.7 Å². The third-order valence-electron chi connectivity index (χ3n) is 5.11. The first-order chi connectivity index (χ1) is 14.0. The summed E-state index contributed by atoms with van der Waals surface area (Å²) >= 11 is 0. The number of rotatable bonds is 8. The molecule has 0 spiro atoms. The highest BCUT2D eigenvalue weighted by atomic mass is 16.6. The van der Waals surface area contributed by atoms with E-state index in [1.165, 1.54) is 0 Å². The van der Waals surface area contributed by atoms with Gasteiger partial charge in [0.15, 0.2) is 0 Å². The van der Waals surface area contributed by atoms with Crippen molar-refractivity contribution < 1.29 is 9.66 Å². The molecule has 1 aliphatic rings. The molecular weight excluding hydrogens is 374 g/mol. The van der Waals surface area contributed by atoms with Crippen molar-refractivity contribution in [1.29, 1.82) is 0 Å². The van der Waals surface area contributed by atoms with E-state index in [4.69, 9.17) is 16.2 Å². The number of aromatic nitrogens is 3. The third kappa shape index (κ3) is 5.29. The molecule has 0 saturated heterocycles.